The van der Waals surface area contributed by atoms with Gasteiger partial charge in [0.15, 0.2) is 17.3 Å². The van der Waals surface area contributed by atoms with Crippen molar-refractivity contribution in [2.75, 3.05) is 19.5 Å². The number of phenols is 2. The summed E-state index contributed by atoms with van der Waals surface area (Å²) in [5.74, 6) is -5.72. The van der Waals surface area contributed by atoms with E-state index in [0.717, 1.165) is 12.1 Å². The van der Waals surface area contributed by atoms with E-state index < -0.39 is 51.2 Å². The van der Waals surface area contributed by atoms with Crippen LogP contribution in [-0.4, -0.2) is 58.8 Å². The van der Waals surface area contributed by atoms with E-state index >= 15 is 0 Å². The van der Waals surface area contributed by atoms with Crippen LogP contribution in [0.25, 0.3) is 0 Å². The number of allylic oxidation sites excluding steroid dienone is 1. The molecule has 4 aliphatic carbocycles. The van der Waals surface area contributed by atoms with Crippen molar-refractivity contribution in [1.29, 1.82) is 0 Å². The van der Waals surface area contributed by atoms with Gasteiger partial charge in [-0.1, -0.05) is 13.0 Å². The van der Waals surface area contributed by atoms with E-state index in [1.807, 2.05) is 0 Å². The topological polar surface area (TPSA) is 159 Å². The van der Waals surface area contributed by atoms with Crippen LogP contribution < -0.4 is 5.32 Å². The molecule has 0 aromatic heterocycles. The minimum absolute atomic E-state index is 0.124. The number of ketones is 2. The molecule has 4 atom stereocenters. The van der Waals surface area contributed by atoms with Crippen molar-refractivity contribution < 1.29 is 44.0 Å². The molecule has 0 heterocycles. The predicted molar refractivity (Wildman–Crippen MR) is 122 cm³/mol. The second-order valence-electron chi connectivity index (χ2n) is 9.78. The molecule has 0 saturated heterocycles. The number of Topliss-reactive ketones (excluding diaryl/α,β-unsaturated/α-hetero) is 1. The molecule has 3 saturated carbocycles. The first-order valence-corrected chi connectivity index (χ1v) is 11.4. The van der Waals surface area contributed by atoms with Crippen LogP contribution in [0.2, 0.25) is 0 Å². The number of carbonyl (C=O) groups excluding carboxylic acids is 3. The van der Waals surface area contributed by atoms with Gasteiger partial charge in [-0.2, -0.15) is 0 Å². The largest absolute Gasteiger partial charge is 0.506 e. The summed E-state index contributed by atoms with van der Waals surface area (Å²) in [6, 6.07) is 2.08. The lowest BCUT2D eigenvalue weighted by molar-refractivity contribution is -0.295. The zero-order valence-electron chi connectivity index (χ0n) is 19.8. The molecule has 1 aromatic rings. The molecule has 188 valence electrons. The van der Waals surface area contributed by atoms with E-state index in [0.29, 0.717) is 19.3 Å². The van der Waals surface area contributed by atoms with E-state index in [-0.39, 0.29) is 36.2 Å². The Hall–Kier alpha value is -3.24. The molecule has 10 heteroatoms. The summed E-state index contributed by atoms with van der Waals surface area (Å²) < 4.78 is 11.4. The number of benzene rings is 1. The van der Waals surface area contributed by atoms with Gasteiger partial charge in [0.1, 0.15) is 17.0 Å². The van der Waals surface area contributed by atoms with Gasteiger partial charge < -0.3 is 30.1 Å². The summed E-state index contributed by atoms with van der Waals surface area (Å²) in [5.41, 5.74) is -2.74. The molecule has 0 aliphatic heterocycles. The number of amides is 1. The van der Waals surface area contributed by atoms with Crippen LogP contribution in [0.3, 0.4) is 0 Å². The summed E-state index contributed by atoms with van der Waals surface area (Å²) in [4.78, 5) is 50.4. The Kier molecular flexibility index (Phi) is 6.01. The lowest BCUT2D eigenvalue weighted by Crippen LogP contribution is -2.71. The summed E-state index contributed by atoms with van der Waals surface area (Å²) in [7, 11) is 2.85. The Morgan fingerprint density at radius 3 is 2.49 bits per heavy atom. The van der Waals surface area contributed by atoms with Gasteiger partial charge in [-0.3, -0.25) is 14.4 Å². The predicted octanol–water partition coefficient (Wildman–Crippen LogP) is 2.63. The molecule has 4 aliphatic rings. The molecule has 2 bridgehead atoms. The van der Waals surface area contributed by atoms with Crippen molar-refractivity contribution in [2.24, 2.45) is 22.7 Å². The van der Waals surface area contributed by atoms with Crippen LogP contribution in [0.15, 0.2) is 24.3 Å². The minimum Gasteiger partial charge on any atom is -0.506 e. The number of ether oxygens (including phenoxy) is 2. The molecular formula is C25H29NO9. The third-order valence-corrected chi connectivity index (χ3v) is 8.32. The number of fused-ring (bicyclic) bond motifs is 2. The number of hydrogen-bond acceptors (Lipinski definition) is 8. The number of nitrogens with one attached hydrogen (secondary N) is 1. The molecule has 1 spiro atoms. The molecule has 10 nitrogen and oxygen atoms in total. The normalized spacial score (nSPS) is 30.7. The van der Waals surface area contributed by atoms with Crippen molar-refractivity contribution in [2.45, 2.75) is 44.8 Å². The van der Waals surface area contributed by atoms with Gasteiger partial charge in [0.25, 0.3) is 0 Å². The third kappa shape index (κ3) is 3.38. The Morgan fingerprint density at radius 1 is 1.17 bits per heavy atom. The van der Waals surface area contributed by atoms with Crippen LogP contribution in [0.4, 0.5) is 5.69 Å². The highest BCUT2D eigenvalue weighted by molar-refractivity contribution is 6.01. The zero-order valence-corrected chi connectivity index (χ0v) is 19.8. The number of hydrogen-bond donors (Lipinski definition) is 4. The summed E-state index contributed by atoms with van der Waals surface area (Å²) in [6.45, 7) is 1.78. The highest BCUT2D eigenvalue weighted by atomic mass is 16.7. The van der Waals surface area contributed by atoms with Gasteiger partial charge in [-0.25, -0.2) is 4.79 Å². The van der Waals surface area contributed by atoms with Gasteiger partial charge >= 0.3 is 5.97 Å². The van der Waals surface area contributed by atoms with Crippen LogP contribution in [0.5, 0.6) is 11.5 Å². The van der Waals surface area contributed by atoms with E-state index in [9.17, 15) is 34.5 Å². The fourth-order valence-electron chi connectivity index (χ4n) is 6.47. The average molecular weight is 488 g/mol. The minimum atomic E-state index is -1.51. The van der Waals surface area contributed by atoms with E-state index in [2.05, 4.69) is 5.32 Å². The molecule has 1 amide bonds. The molecule has 1 aromatic carbocycles. The highest BCUT2D eigenvalue weighted by Gasteiger charge is 2.72. The fraction of sp³-hybridized carbons (Fsp3) is 0.520. The fourth-order valence-corrected chi connectivity index (χ4v) is 6.47. The Labute approximate surface area is 201 Å². The summed E-state index contributed by atoms with van der Waals surface area (Å²) in [5, 5.41) is 31.7. The van der Waals surface area contributed by atoms with Gasteiger partial charge in [0.2, 0.25) is 11.7 Å². The SMILES string of the molecule is COC1(OC)C(=O)[C@H]2CC[C@@]13C=CC(=O)[C@@](C)(CCC(=O)Nc1c(O)ccc(C(=O)O)c1O)[C@@H]3C2. The maximum atomic E-state index is 13.2. The van der Waals surface area contributed by atoms with E-state index in [4.69, 9.17) is 9.47 Å². The number of rotatable bonds is 7. The monoisotopic (exact) mass is 487 g/mol. The molecule has 5 rings (SSSR count). The van der Waals surface area contributed by atoms with Crippen molar-refractivity contribution >= 4 is 29.1 Å². The summed E-state index contributed by atoms with van der Waals surface area (Å²) in [6.07, 6.45) is 4.92. The maximum absolute atomic E-state index is 13.2. The van der Waals surface area contributed by atoms with E-state index in [1.165, 1.54) is 20.3 Å². The number of methoxy groups -OCH3 is 2. The van der Waals surface area contributed by atoms with Crippen LogP contribution in [0.1, 0.15) is 49.4 Å². The third-order valence-electron chi connectivity index (χ3n) is 8.32. The quantitative estimate of drug-likeness (QED) is 0.335. The van der Waals surface area contributed by atoms with Gasteiger partial charge in [-0.15, -0.1) is 0 Å². The lowest BCUT2D eigenvalue weighted by atomic mass is 9.42. The molecule has 3 fully saturated rings. The number of carbonyl (C=O) groups is 4. The first-order valence-electron chi connectivity index (χ1n) is 11.4. The van der Waals surface area contributed by atoms with Crippen molar-refractivity contribution in [3.63, 3.8) is 0 Å². The Balaban J connectivity index is 1.60. The van der Waals surface area contributed by atoms with Crippen molar-refractivity contribution in [3.8, 4) is 11.5 Å². The highest BCUT2D eigenvalue weighted by Crippen LogP contribution is 2.66. The number of carboxylic acid groups (broad SMARTS) is 1. The lowest BCUT2D eigenvalue weighted by Gasteiger charge is -2.63. The standard InChI is InChI=1S/C25H29NO9/c1-23(9-8-18(29)26-19-15(27)5-4-14(20(19)30)22(32)33)16-12-13-6-10-24(16,11-7-17(23)28)25(34-2,35-3)21(13)31/h4-5,7,11,13,16,27,30H,6,8-10,12H2,1-3H3,(H,26,29)(H,32,33)/t13-,16-,23-,24-/m0/s1. The van der Waals surface area contributed by atoms with Gasteiger partial charge in [0, 0.05) is 32.0 Å². The van der Waals surface area contributed by atoms with Crippen LogP contribution in [0, 0.1) is 22.7 Å². The molecule has 35 heavy (non-hydrogen) atoms. The number of aromatic carboxylic acids is 1. The smallest absolute Gasteiger partial charge is 0.339 e. The Morgan fingerprint density at radius 2 is 1.86 bits per heavy atom. The Bertz CT molecular complexity index is 1140. The van der Waals surface area contributed by atoms with Crippen molar-refractivity contribution in [1.82, 2.24) is 0 Å². The maximum Gasteiger partial charge on any atom is 0.339 e. The van der Waals surface area contributed by atoms with E-state index in [1.54, 1.807) is 13.0 Å². The molecule has 0 unspecified atom stereocenters. The number of phenolic OH excluding ortho intramolecular Hbond substituents is 1. The first kappa shape index (κ1) is 24.9. The summed E-state index contributed by atoms with van der Waals surface area (Å²) >= 11 is 0. The average Bonchev–Trinajstić information content (AvgIpc) is 2.83. The number of carboxylic acids is 1. The second kappa shape index (κ2) is 8.46. The molecular weight excluding hydrogens is 458 g/mol. The van der Waals surface area contributed by atoms with Gasteiger partial charge in [-0.05, 0) is 49.8 Å². The van der Waals surface area contributed by atoms with Crippen molar-refractivity contribution in [3.05, 3.63) is 29.8 Å². The van der Waals surface area contributed by atoms with Crippen LogP contribution in [-0.2, 0) is 23.9 Å². The second-order valence-corrected chi connectivity index (χ2v) is 9.78. The first-order chi connectivity index (χ1) is 16.5. The number of anilines is 1. The molecule has 0 radical (unpaired) electrons. The zero-order chi connectivity index (χ0) is 25.8. The number of aromatic hydroxyl groups is 2. The molecule has 4 N–H and O–H groups in total. The van der Waals surface area contributed by atoms with Crippen LogP contribution >= 0.6 is 0 Å². The van der Waals surface area contributed by atoms with Gasteiger partial charge in [0.05, 0.1) is 5.41 Å².